The fraction of sp³-hybridized carbons (Fsp3) is 0.238. The van der Waals surface area contributed by atoms with E-state index in [-0.39, 0.29) is 5.97 Å². The monoisotopic (exact) mass is 385 g/mol. The summed E-state index contributed by atoms with van der Waals surface area (Å²) in [6, 6.07) is 11.7. The molecule has 3 rings (SSSR count). The SMILES string of the molecule is CCOC(=O)c1c(C)n(CC)c2ccc(OC(=O)c3ccc(Cl)cc3)cc12. The van der Waals surface area contributed by atoms with Crippen molar-refractivity contribution in [3.63, 3.8) is 0 Å². The van der Waals surface area contributed by atoms with Gasteiger partial charge >= 0.3 is 11.9 Å². The molecule has 1 aromatic heterocycles. The molecule has 0 radical (unpaired) electrons. The molecule has 0 N–H and O–H groups in total. The van der Waals surface area contributed by atoms with E-state index < -0.39 is 5.97 Å². The van der Waals surface area contributed by atoms with Gasteiger partial charge in [-0.3, -0.25) is 0 Å². The Hall–Kier alpha value is -2.79. The minimum Gasteiger partial charge on any atom is -0.462 e. The van der Waals surface area contributed by atoms with Crippen LogP contribution in [0.5, 0.6) is 5.75 Å². The summed E-state index contributed by atoms with van der Waals surface area (Å²) in [5, 5.41) is 1.25. The summed E-state index contributed by atoms with van der Waals surface area (Å²) in [6.07, 6.45) is 0. The third kappa shape index (κ3) is 3.69. The predicted molar refractivity (Wildman–Crippen MR) is 105 cm³/mol. The molecule has 0 aliphatic carbocycles. The largest absolute Gasteiger partial charge is 0.462 e. The van der Waals surface area contributed by atoms with E-state index in [1.807, 2.05) is 24.5 Å². The van der Waals surface area contributed by atoms with Crippen LogP contribution in [0.1, 0.15) is 40.3 Å². The van der Waals surface area contributed by atoms with Gasteiger partial charge in [-0.1, -0.05) is 11.6 Å². The smallest absolute Gasteiger partial charge is 0.343 e. The summed E-state index contributed by atoms with van der Waals surface area (Å²) >= 11 is 5.85. The zero-order chi connectivity index (χ0) is 19.6. The lowest BCUT2D eigenvalue weighted by Crippen LogP contribution is -2.08. The van der Waals surface area contributed by atoms with E-state index >= 15 is 0 Å². The summed E-state index contributed by atoms with van der Waals surface area (Å²) < 4.78 is 12.7. The van der Waals surface area contributed by atoms with Crippen LogP contribution >= 0.6 is 11.6 Å². The molecule has 0 aliphatic heterocycles. The average Bonchev–Trinajstić information content (AvgIpc) is 2.92. The summed E-state index contributed by atoms with van der Waals surface area (Å²) in [6.45, 7) is 6.67. The van der Waals surface area contributed by atoms with Crippen molar-refractivity contribution in [1.82, 2.24) is 4.57 Å². The van der Waals surface area contributed by atoms with Crippen LogP contribution in [0.3, 0.4) is 0 Å². The van der Waals surface area contributed by atoms with E-state index in [1.165, 1.54) is 0 Å². The number of hydrogen-bond acceptors (Lipinski definition) is 4. The Morgan fingerprint density at radius 2 is 1.74 bits per heavy atom. The Bertz CT molecular complexity index is 1010. The highest BCUT2D eigenvalue weighted by molar-refractivity contribution is 6.30. The molecule has 0 spiro atoms. The van der Waals surface area contributed by atoms with Crippen molar-refractivity contribution in [2.75, 3.05) is 6.61 Å². The number of nitrogens with zero attached hydrogens (tertiary/aromatic N) is 1. The highest BCUT2D eigenvalue weighted by atomic mass is 35.5. The van der Waals surface area contributed by atoms with E-state index in [0.29, 0.717) is 40.4 Å². The molecule has 1 heterocycles. The average molecular weight is 386 g/mol. The van der Waals surface area contributed by atoms with Gasteiger partial charge in [0.25, 0.3) is 0 Å². The molecule has 0 saturated heterocycles. The van der Waals surface area contributed by atoms with Crippen molar-refractivity contribution in [3.05, 3.63) is 64.3 Å². The molecule has 6 heteroatoms. The number of ether oxygens (including phenoxy) is 2. The molecule has 0 aliphatic rings. The first-order valence-electron chi connectivity index (χ1n) is 8.74. The van der Waals surface area contributed by atoms with Crippen LogP contribution in [0.25, 0.3) is 10.9 Å². The number of aryl methyl sites for hydroxylation is 1. The lowest BCUT2D eigenvalue weighted by Gasteiger charge is -2.06. The first kappa shape index (κ1) is 19.0. The van der Waals surface area contributed by atoms with Crippen LogP contribution in [-0.2, 0) is 11.3 Å². The predicted octanol–water partition coefficient (Wildman–Crippen LogP) is 5.02. The van der Waals surface area contributed by atoms with Gasteiger partial charge in [-0.25, -0.2) is 9.59 Å². The molecule has 27 heavy (non-hydrogen) atoms. The molecule has 0 fully saturated rings. The Morgan fingerprint density at radius 1 is 1.04 bits per heavy atom. The van der Waals surface area contributed by atoms with Crippen LogP contribution in [0.2, 0.25) is 5.02 Å². The second-order valence-corrected chi connectivity index (χ2v) is 6.44. The van der Waals surface area contributed by atoms with Crippen LogP contribution in [0.4, 0.5) is 0 Å². The maximum absolute atomic E-state index is 12.4. The van der Waals surface area contributed by atoms with E-state index in [0.717, 1.165) is 11.2 Å². The standard InChI is InChI=1S/C21H20ClNO4/c1-4-23-13(3)19(21(25)26-5-2)17-12-16(10-11-18(17)23)27-20(24)14-6-8-15(22)9-7-14/h6-12H,4-5H2,1-3H3. The van der Waals surface area contributed by atoms with Crippen molar-refractivity contribution < 1.29 is 19.1 Å². The number of rotatable bonds is 5. The molecular formula is C21H20ClNO4. The van der Waals surface area contributed by atoms with Gasteiger partial charge in [-0.15, -0.1) is 0 Å². The van der Waals surface area contributed by atoms with Crippen molar-refractivity contribution in [1.29, 1.82) is 0 Å². The van der Waals surface area contributed by atoms with Gasteiger partial charge in [-0.2, -0.15) is 0 Å². The number of hydrogen-bond donors (Lipinski definition) is 0. The topological polar surface area (TPSA) is 57.5 Å². The molecule has 0 atom stereocenters. The van der Waals surface area contributed by atoms with E-state index in [2.05, 4.69) is 0 Å². The van der Waals surface area contributed by atoms with Crippen LogP contribution in [0.15, 0.2) is 42.5 Å². The maximum atomic E-state index is 12.4. The summed E-state index contributed by atoms with van der Waals surface area (Å²) in [5.41, 5.74) is 2.61. The Balaban J connectivity index is 2.00. The quantitative estimate of drug-likeness (QED) is 0.457. The van der Waals surface area contributed by atoms with Crippen LogP contribution in [-0.4, -0.2) is 23.1 Å². The lowest BCUT2D eigenvalue weighted by atomic mass is 10.1. The molecule has 0 amide bonds. The number of fused-ring (bicyclic) bond motifs is 1. The number of halogens is 1. The molecule has 0 unspecified atom stereocenters. The molecular weight excluding hydrogens is 366 g/mol. The summed E-state index contributed by atoms with van der Waals surface area (Å²) in [4.78, 5) is 24.8. The number of aromatic nitrogens is 1. The fourth-order valence-corrected chi connectivity index (χ4v) is 3.27. The Labute approximate surface area is 162 Å². The van der Waals surface area contributed by atoms with Gasteiger partial charge in [0.1, 0.15) is 5.75 Å². The number of benzene rings is 2. The fourth-order valence-electron chi connectivity index (χ4n) is 3.15. The normalized spacial score (nSPS) is 10.8. The first-order chi connectivity index (χ1) is 13.0. The molecule has 0 bridgehead atoms. The second-order valence-electron chi connectivity index (χ2n) is 6.00. The highest BCUT2D eigenvalue weighted by Crippen LogP contribution is 2.30. The highest BCUT2D eigenvalue weighted by Gasteiger charge is 2.21. The first-order valence-corrected chi connectivity index (χ1v) is 9.11. The second kappa shape index (κ2) is 7.84. The van der Waals surface area contributed by atoms with Gasteiger partial charge in [0.2, 0.25) is 0 Å². The molecule has 5 nitrogen and oxygen atoms in total. The number of esters is 2. The van der Waals surface area contributed by atoms with E-state index in [9.17, 15) is 9.59 Å². The third-order valence-corrected chi connectivity index (χ3v) is 4.63. The van der Waals surface area contributed by atoms with Crippen molar-refractivity contribution in [2.24, 2.45) is 0 Å². The Kier molecular flexibility index (Phi) is 5.51. The van der Waals surface area contributed by atoms with Crippen molar-refractivity contribution in [3.8, 4) is 5.75 Å². The van der Waals surface area contributed by atoms with Gasteiger partial charge in [0.15, 0.2) is 0 Å². The van der Waals surface area contributed by atoms with Gasteiger partial charge in [-0.05, 0) is 63.2 Å². The van der Waals surface area contributed by atoms with Gasteiger partial charge in [0, 0.05) is 28.2 Å². The van der Waals surface area contributed by atoms with Gasteiger partial charge < -0.3 is 14.0 Å². The van der Waals surface area contributed by atoms with Crippen molar-refractivity contribution >= 4 is 34.4 Å². The molecule has 140 valence electrons. The van der Waals surface area contributed by atoms with Gasteiger partial charge in [0.05, 0.1) is 17.7 Å². The molecule has 0 saturated carbocycles. The molecule has 2 aromatic carbocycles. The minimum absolute atomic E-state index is 0.294. The Morgan fingerprint density at radius 3 is 2.37 bits per heavy atom. The molecule has 3 aromatic rings. The van der Waals surface area contributed by atoms with Crippen LogP contribution in [0, 0.1) is 6.92 Å². The van der Waals surface area contributed by atoms with E-state index in [4.69, 9.17) is 21.1 Å². The zero-order valence-corrected chi connectivity index (χ0v) is 16.2. The zero-order valence-electron chi connectivity index (χ0n) is 15.4. The summed E-state index contributed by atoms with van der Waals surface area (Å²) in [5.74, 6) is -0.509. The number of carbonyl (C=O) groups is 2. The third-order valence-electron chi connectivity index (χ3n) is 4.38. The maximum Gasteiger partial charge on any atom is 0.343 e. The van der Waals surface area contributed by atoms with Crippen LogP contribution < -0.4 is 4.74 Å². The summed E-state index contributed by atoms with van der Waals surface area (Å²) in [7, 11) is 0. The minimum atomic E-state index is -0.490. The number of carbonyl (C=O) groups excluding carboxylic acids is 2. The van der Waals surface area contributed by atoms with E-state index in [1.54, 1.807) is 43.3 Å². The van der Waals surface area contributed by atoms with Crippen molar-refractivity contribution in [2.45, 2.75) is 27.3 Å². The lowest BCUT2D eigenvalue weighted by molar-refractivity contribution is 0.0527.